The van der Waals surface area contributed by atoms with Gasteiger partial charge in [-0.05, 0) is 0 Å². The van der Waals surface area contributed by atoms with E-state index in [-0.39, 0.29) is 27.3 Å². The van der Waals surface area contributed by atoms with Crippen molar-refractivity contribution in [2.24, 2.45) is 11.8 Å². The molecule has 3 aliphatic rings. The summed E-state index contributed by atoms with van der Waals surface area (Å²) in [6.07, 6.45) is 3.69. The molecular formula is C10H5Cl7. The van der Waals surface area contributed by atoms with Gasteiger partial charge < -0.3 is 0 Å². The second kappa shape index (κ2) is 3.58. The van der Waals surface area contributed by atoms with E-state index in [4.69, 9.17) is 81.2 Å². The highest BCUT2D eigenvalue weighted by atomic mass is 35.5. The maximum Gasteiger partial charge on any atom is 0.167 e. The lowest BCUT2D eigenvalue weighted by atomic mass is 9.84. The standard InChI is InChI=1S/C10H5Cl7/c11-4-2-1-3-5(4)9(15)7(13)6(12)8(3,14)10(9,16)17/h1-5H/t3?,4?,5?,8-,9-/m0/s1. The molecule has 5 atom stereocenters. The zero-order chi connectivity index (χ0) is 12.8. The number of halogens is 7. The van der Waals surface area contributed by atoms with Crippen LogP contribution in [0, 0.1) is 11.8 Å². The molecule has 3 unspecified atom stereocenters. The number of hydrogen-bond donors (Lipinski definition) is 0. The minimum atomic E-state index is -1.48. The summed E-state index contributed by atoms with van der Waals surface area (Å²) in [5, 5.41) is 0.113. The molecule has 94 valence electrons. The lowest BCUT2D eigenvalue weighted by Crippen LogP contribution is -2.45. The number of hydrogen-bond acceptors (Lipinski definition) is 0. The average Bonchev–Trinajstić information content (AvgIpc) is 2.73. The smallest absolute Gasteiger partial charge is 0.118 e. The predicted octanol–water partition coefficient (Wildman–Crippen LogP) is 5.24. The Labute approximate surface area is 134 Å². The van der Waals surface area contributed by atoms with Crippen molar-refractivity contribution in [3.8, 4) is 0 Å². The summed E-state index contributed by atoms with van der Waals surface area (Å²) in [4.78, 5) is -2.45. The van der Waals surface area contributed by atoms with Crippen molar-refractivity contribution in [3.63, 3.8) is 0 Å². The summed E-state index contributed by atoms with van der Waals surface area (Å²) in [5.41, 5.74) is 0. The molecule has 3 rings (SSSR count). The highest BCUT2D eigenvalue weighted by Crippen LogP contribution is 2.78. The van der Waals surface area contributed by atoms with E-state index >= 15 is 0 Å². The van der Waals surface area contributed by atoms with E-state index in [0.717, 1.165) is 0 Å². The molecule has 3 aliphatic carbocycles. The van der Waals surface area contributed by atoms with Crippen LogP contribution in [0.1, 0.15) is 0 Å². The van der Waals surface area contributed by atoms with Gasteiger partial charge in [-0.15, -0.1) is 34.8 Å². The Morgan fingerprint density at radius 2 is 1.41 bits per heavy atom. The van der Waals surface area contributed by atoms with E-state index in [1.807, 2.05) is 12.2 Å². The third kappa shape index (κ3) is 1.15. The number of allylic oxidation sites excluding steroid dienone is 4. The molecule has 0 radical (unpaired) electrons. The molecule has 7 heteroatoms. The minimum absolute atomic E-state index is 0.205. The molecule has 0 amide bonds. The van der Waals surface area contributed by atoms with Crippen LogP contribution in [0.3, 0.4) is 0 Å². The molecule has 1 fully saturated rings. The van der Waals surface area contributed by atoms with Crippen molar-refractivity contribution in [3.05, 3.63) is 22.2 Å². The monoisotopic (exact) mass is 370 g/mol. The third-order valence-electron chi connectivity index (χ3n) is 3.90. The van der Waals surface area contributed by atoms with E-state index in [2.05, 4.69) is 0 Å². The summed E-state index contributed by atoms with van der Waals surface area (Å²) in [7, 11) is 0. The van der Waals surface area contributed by atoms with Gasteiger partial charge in [0.2, 0.25) is 0 Å². The van der Waals surface area contributed by atoms with E-state index < -0.39 is 14.1 Å². The summed E-state index contributed by atoms with van der Waals surface area (Å²) in [5.74, 6) is -0.470. The molecular weight excluding hydrogens is 368 g/mol. The Bertz CT molecular complexity index is 467. The molecule has 0 aromatic heterocycles. The van der Waals surface area contributed by atoms with Gasteiger partial charge >= 0.3 is 0 Å². The van der Waals surface area contributed by atoms with Crippen LogP contribution in [-0.4, -0.2) is 19.5 Å². The van der Waals surface area contributed by atoms with E-state index in [9.17, 15) is 0 Å². The Balaban J connectivity index is 2.32. The molecule has 2 bridgehead atoms. The lowest BCUT2D eigenvalue weighted by Gasteiger charge is -2.34. The van der Waals surface area contributed by atoms with Crippen LogP contribution >= 0.6 is 81.2 Å². The summed E-state index contributed by atoms with van der Waals surface area (Å²) < 4.78 is -1.48. The zero-order valence-corrected chi connectivity index (χ0v) is 13.3. The highest BCUT2D eigenvalue weighted by Gasteiger charge is 2.83. The van der Waals surface area contributed by atoms with Gasteiger partial charge in [-0.2, -0.15) is 0 Å². The quantitative estimate of drug-likeness (QED) is 0.402. The van der Waals surface area contributed by atoms with Crippen LogP contribution in [0.25, 0.3) is 0 Å². The van der Waals surface area contributed by atoms with Gasteiger partial charge in [0, 0.05) is 11.8 Å². The Hall–Kier alpha value is 1.51. The summed E-state index contributed by atoms with van der Waals surface area (Å²) >= 11 is 44.5. The van der Waals surface area contributed by atoms with Gasteiger partial charge in [0.15, 0.2) is 4.33 Å². The van der Waals surface area contributed by atoms with Gasteiger partial charge in [0.1, 0.15) is 9.75 Å². The molecule has 17 heavy (non-hydrogen) atoms. The first kappa shape index (κ1) is 13.5. The maximum atomic E-state index is 6.57. The topological polar surface area (TPSA) is 0 Å². The normalized spacial score (nSPS) is 54.6. The van der Waals surface area contributed by atoms with E-state index in [1.165, 1.54) is 0 Å². The fourth-order valence-electron chi connectivity index (χ4n) is 3.08. The zero-order valence-electron chi connectivity index (χ0n) is 8.03. The number of rotatable bonds is 0. The molecule has 0 nitrogen and oxygen atoms in total. The van der Waals surface area contributed by atoms with Crippen LogP contribution in [-0.2, 0) is 0 Å². The van der Waals surface area contributed by atoms with Gasteiger partial charge in [-0.1, -0.05) is 58.6 Å². The van der Waals surface area contributed by atoms with Crippen LogP contribution in [0.15, 0.2) is 22.2 Å². The largest absolute Gasteiger partial charge is 0.167 e. The highest BCUT2D eigenvalue weighted by molar-refractivity contribution is 6.66. The molecule has 0 heterocycles. The van der Waals surface area contributed by atoms with Crippen LogP contribution in [0.2, 0.25) is 0 Å². The Morgan fingerprint density at radius 1 is 0.882 bits per heavy atom. The second-order valence-corrected chi connectivity index (χ2v) is 8.29. The molecule has 0 aromatic rings. The molecule has 0 aromatic carbocycles. The molecule has 0 N–H and O–H groups in total. The van der Waals surface area contributed by atoms with Crippen LogP contribution in [0.5, 0.6) is 0 Å². The fourth-order valence-corrected chi connectivity index (χ4v) is 6.60. The maximum absolute atomic E-state index is 6.57. The molecule has 0 saturated heterocycles. The van der Waals surface area contributed by atoms with E-state index in [1.54, 1.807) is 0 Å². The van der Waals surface area contributed by atoms with Gasteiger partial charge in [0.25, 0.3) is 0 Å². The van der Waals surface area contributed by atoms with Gasteiger partial charge in [-0.25, -0.2) is 0 Å². The first-order chi connectivity index (χ1) is 7.70. The molecule has 0 aliphatic heterocycles. The van der Waals surface area contributed by atoms with Crippen molar-refractivity contribution >= 4 is 81.2 Å². The van der Waals surface area contributed by atoms with Gasteiger partial charge in [0.05, 0.1) is 15.4 Å². The predicted molar refractivity (Wildman–Crippen MR) is 76.1 cm³/mol. The number of alkyl halides is 5. The summed E-state index contributed by atoms with van der Waals surface area (Å²) in [6, 6.07) is 0. The summed E-state index contributed by atoms with van der Waals surface area (Å²) in [6.45, 7) is 0. The van der Waals surface area contributed by atoms with Crippen LogP contribution < -0.4 is 0 Å². The Morgan fingerprint density at radius 3 is 2.00 bits per heavy atom. The van der Waals surface area contributed by atoms with Crippen molar-refractivity contribution in [2.45, 2.75) is 19.5 Å². The average molecular weight is 373 g/mol. The second-order valence-electron chi connectivity index (χ2n) is 4.51. The van der Waals surface area contributed by atoms with Crippen molar-refractivity contribution in [2.75, 3.05) is 0 Å². The lowest BCUT2D eigenvalue weighted by molar-refractivity contribution is 0.420. The van der Waals surface area contributed by atoms with Crippen molar-refractivity contribution < 1.29 is 0 Å². The SMILES string of the molecule is ClC1=C(Cl)[C@@]2(Cl)C3C(Cl)C=CC3[C@@]1(Cl)C2(Cl)Cl. The molecule has 0 spiro atoms. The molecule has 1 saturated carbocycles. The fraction of sp³-hybridized carbons (Fsp3) is 0.600. The number of fused-ring (bicyclic) bond motifs is 5. The first-order valence-electron chi connectivity index (χ1n) is 4.85. The van der Waals surface area contributed by atoms with Gasteiger partial charge in [-0.3, -0.25) is 0 Å². The third-order valence-corrected chi connectivity index (χ3v) is 8.61. The minimum Gasteiger partial charge on any atom is -0.118 e. The van der Waals surface area contributed by atoms with E-state index in [0.29, 0.717) is 0 Å². The van der Waals surface area contributed by atoms with Crippen LogP contribution in [0.4, 0.5) is 0 Å². The van der Waals surface area contributed by atoms with Crippen molar-refractivity contribution in [1.29, 1.82) is 0 Å². The first-order valence-corrected chi connectivity index (χ1v) is 7.55. The Kier molecular flexibility index (Phi) is 2.84. The van der Waals surface area contributed by atoms with Crippen molar-refractivity contribution in [1.82, 2.24) is 0 Å².